The van der Waals surface area contributed by atoms with Gasteiger partial charge in [0.25, 0.3) is 0 Å². The summed E-state index contributed by atoms with van der Waals surface area (Å²) >= 11 is 1.90. The number of rotatable bonds is 2. The van der Waals surface area contributed by atoms with E-state index in [1.54, 1.807) is 0 Å². The molecule has 1 aromatic heterocycles. The average Bonchev–Trinajstić information content (AvgIpc) is 2.23. The van der Waals surface area contributed by atoms with Gasteiger partial charge in [0.2, 0.25) is 0 Å². The van der Waals surface area contributed by atoms with Gasteiger partial charge >= 0.3 is 0 Å². The van der Waals surface area contributed by atoms with Crippen LogP contribution in [0.4, 0.5) is 0 Å². The zero-order chi connectivity index (χ0) is 9.80. The van der Waals surface area contributed by atoms with E-state index in [0.29, 0.717) is 5.25 Å². The van der Waals surface area contributed by atoms with E-state index in [1.807, 2.05) is 18.0 Å². The SMILES string of the molecule is Cc1ccc(S[C@@H]2CCCNC2)nc1. The summed E-state index contributed by atoms with van der Waals surface area (Å²) in [6.07, 6.45) is 4.55. The maximum Gasteiger partial charge on any atom is 0.0963 e. The first kappa shape index (κ1) is 9.99. The second-order valence-electron chi connectivity index (χ2n) is 3.76. The lowest BCUT2D eigenvalue weighted by Crippen LogP contribution is -2.31. The molecule has 14 heavy (non-hydrogen) atoms. The van der Waals surface area contributed by atoms with Crippen LogP contribution in [0.3, 0.4) is 0 Å². The monoisotopic (exact) mass is 208 g/mol. The maximum absolute atomic E-state index is 4.41. The zero-order valence-electron chi connectivity index (χ0n) is 8.49. The lowest BCUT2D eigenvalue weighted by molar-refractivity contribution is 0.531. The van der Waals surface area contributed by atoms with Crippen molar-refractivity contribution in [2.45, 2.75) is 30.0 Å². The molecule has 1 atom stereocenters. The molecule has 1 saturated heterocycles. The highest BCUT2D eigenvalue weighted by Gasteiger charge is 2.14. The first-order chi connectivity index (χ1) is 6.84. The second-order valence-corrected chi connectivity index (χ2v) is 5.08. The molecule has 0 bridgehead atoms. The Bertz CT molecular complexity index is 278. The highest BCUT2D eigenvalue weighted by molar-refractivity contribution is 7.99. The molecule has 0 unspecified atom stereocenters. The Labute approximate surface area is 89.5 Å². The summed E-state index contributed by atoms with van der Waals surface area (Å²) < 4.78 is 0. The van der Waals surface area contributed by atoms with Gasteiger partial charge in [-0.3, -0.25) is 0 Å². The fourth-order valence-corrected chi connectivity index (χ4v) is 2.70. The number of hydrogen-bond acceptors (Lipinski definition) is 3. The molecular formula is C11H16N2S. The van der Waals surface area contributed by atoms with E-state index < -0.39 is 0 Å². The van der Waals surface area contributed by atoms with Crippen molar-refractivity contribution in [3.8, 4) is 0 Å². The van der Waals surface area contributed by atoms with E-state index in [2.05, 4.69) is 29.4 Å². The predicted molar refractivity (Wildman–Crippen MR) is 60.7 cm³/mol. The molecule has 2 heterocycles. The van der Waals surface area contributed by atoms with Crippen molar-refractivity contribution in [1.82, 2.24) is 10.3 Å². The summed E-state index contributed by atoms with van der Waals surface area (Å²) in [5, 5.41) is 5.28. The summed E-state index contributed by atoms with van der Waals surface area (Å²) in [6.45, 7) is 4.38. The van der Waals surface area contributed by atoms with Crippen molar-refractivity contribution in [3.63, 3.8) is 0 Å². The van der Waals surface area contributed by atoms with Crippen LogP contribution in [0.1, 0.15) is 18.4 Å². The van der Waals surface area contributed by atoms with Crippen molar-refractivity contribution in [2.75, 3.05) is 13.1 Å². The maximum atomic E-state index is 4.41. The topological polar surface area (TPSA) is 24.9 Å². The molecular weight excluding hydrogens is 192 g/mol. The molecule has 0 spiro atoms. The number of aromatic nitrogens is 1. The van der Waals surface area contributed by atoms with Gasteiger partial charge in [-0.25, -0.2) is 4.98 Å². The minimum Gasteiger partial charge on any atom is -0.316 e. The third-order valence-electron chi connectivity index (χ3n) is 2.42. The molecule has 0 amide bonds. The minimum atomic E-state index is 0.707. The van der Waals surface area contributed by atoms with Gasteiger partial charge in [-0.15, -0.1) is 11.8 Å². The fourth-order valence-electron chi connectivity index (χ4n) is 1.62. The van der Waals surface area contributed by atoms with Gasteiger partial charge in [0.05, 0.1) is 5.03 Å². The van der Waals surface area contributed by atoms with E-state index in [0.717, 1.165) is 11.6 Å². The molecule has 0 saturated carbocycles. The second kappa shape index (κ2) is 4.80. The van der Waals surface area contributed by atoms with Crippen molar-refractivity contribution in [3.05, 3.63) is 23.9 Å². The van der Waals surface area contributed by atoms with E-state index in [9.17, 15) is 0 Å². The lowest BCUT2D eigenvalue weighted by Gasteiger charge is -2.21. The Morgan fingerprint density at radius 3 is 3.07 bits per heavy atom. The van der Waals surface area contributed by atoms with Gasteiger partial charge in [0.1, 0.15) is 0 Å². The number of thioether (sulfide) groups is 1. The van der Waals surface area contributed by atoms with E-state index in [-0.39, 0.29) is 0 Å². The number of nitrogens with zero attached hydrogens (tertiary/aromatic N) is 1. The average molecular weight is 208 g/mol. The molecule has 1 aliphatic heterocycles. The van der Waals surface area contributed by atoms with Gasteiger partial charge in [0, 0.05) is 18.0 Å². The Balaban J connectivity index is 1.92. The van der Waals surface area contributed by atoms with Gasteiger partial charge < -0.3 is 5.32 Å². The summed E-state index contributed by atoms with van der Waals surface area (Å²) in [5.74, 6) is 0. The fraction of sp³-hybridized carbons (Fsp3) is 0.545. The van der Waals surface area contributed by atoms with Gasteiger partial charge in [-0.1, -0.05) is 6.07 Å². The van der Waals surface area contributed by atoms with Crippen LogP contribution >= 0.6 is 11.8 Å². The third-order valence-corrected chi connectivity index (χ3v) is 3.64. The molecule has 0 aromatic carbocycles. The van der Waals surface area contributed by atoms with Crippen LogP contribution < -0.4 is 5.32 Å². The van der Waals surface area contributed by atoms with Crippen LogP contribution in [0.25, 0.3) is 0 Å². The Kier molecular flexibility index (Phi) is 3.43. The van der Waals surface area contributed by atoms with Crippen molar-refractivity contribution in [2.24, 2.45) is 0 Å². The summed E-state index contributed by atoms with van der Waals surface area (Å²) in [6, 6.07) is 4.25. The van der Waals surface area contributed by atoms with Crippen LogP contribution in [0.2, 0.25) is 0 Å². The molecule has 2 nitrogen and oxygen atoms in total. The van der Waals surface area contributed by atoms with Gasteiger partial charge in [0.15, 0.2) is 0 Å². The zero-order valence-corrected chi connectivity index (χ0v) is 9.31. The summed E-state index contributed by atoms with van der Waals surface area (Å²) in [7, 11) is 0. The standard InChI is InChI=1S/C11H16N2S/c1-9-4-5-11(13-7-9)14-10-3-2-6-12-8-10/h4-5,7,10,12H,2-3,6,8H2,1H3/t10-/m1/s1. The van der Waals surface area contributed by atoms with Crippen LogP contribution in [0.5, 0.6) is 0 Å². The minimum absolute atomic E-state index is 0.707. The normalized spacial score (nSPS) is 22.2. The number of nitrogens with one attached hydrogen (secondary N) is 1. The number of pyridine rings is 1. The highest BCUT2D eigenvalue weighted by atomic mass is 32.2. The molecule has 1 aromatic rings. The molecule has 1 fully saturated rings. The van der Waals surface area contributed by atoms with Crippen LogP contribution in [-0.4, -0.2) is 23.3 Å². The van der Waals surface area contributed by atoms with Crippen molar-refractivity contribution in [1.29, 1.82) is 0 Å². The van der Waals surface area contributed by atoms with Gasteiger partial charge in [-0.2, -0.15) is 0 Å². The molecule has 1 aliphatic rings. The molecule has 0 radical (unpaired) electrons. The van der Waals surface area contributed by atoms with Crippen molar-refractivity contribution < 1.29 is 0 Å². The largest absolute Gasteiger partial charge is 0.316 e. The van der Waals surface area contributed by atoms with Crippen LogP contribution in [-0.2, 0) is 0 Å². The number of aryl methyl sites for hydroxylation is 1. The highest BCUT2D eigenvalue weighted by Crippen LogP contribution is 2.25. The predicted octanol–water partition coefficient (Wildman–Crippen LogP) is 2.23. The molecule has 3 heteroatoms. The molecule has 1 N–H and O–H groups in total. The Morgan fingerprint density at radius 2 is 2.43 bits per heavy atom. The molecule has 2 rings (SSSR count). The number of hydrogen-bond donors (Lipinski definition) is 1. The van der Waals surface area contributed by atoms with Crippen LogP contribution in [0.15, 0.2) is 23.4 Å². The van der Waals surface area contributed by atoms with Crippen molar-refractivity contribution >= 4 is 11.8 Å². The first-order valence-corrected chi connectivity index (χ1v) is 6.02. The first-order valence-electron chi connectivity index (χ1n) is 5.14. The van der Waals surface area contributed by atoms with E-state index >= 15 is 0 Å². The smallest absolute Gasteiger partial charge is 0.0963 e. The van der Waals surface area contributed by atoms with E-state index in [4.69, 9.17) is 0 Å². The van der Waals surface area contributed by atoms with Crippen LogP contribution in [0, 0.1) is 6.92 Å². The third kappa shape index (κ3) is 2.72. The summed E-state index contributed by atoms with van der Waals surface area (Å²) in [5.41, 5.74) is 1.23. The quantitative estimate of drug-likeness (QED) is 0.807. The Morgan fingerprint density at radius 1 is 1.50 bits per heavy atom. The molecule has 0 aliphatic carbocycles. The molecule has 76 valence electrons. The number of piperidine rings is 1. The van der Waals surface area contributed by atoms with E-state index in [1.165, 1.54) is 24.9 Å². The van der Waals surface area contributed by atoms with Gasteiger partial charge in [-0.05, 0) is 37.9 Å². The summed E-state index contributed by atoms with van der Waals surface area (Å²) in [4.78, 5) is 4.41. The Hall–Kier alpha value is -0.540. The lowest BCUT2D eigenvalue weighted by atomic mass is 10.2.